The number of anilines is 1. The van der Waals surface area contributed by atoms with E-state index in [-0.39, 0.29) is 6.10 Å². The fourth-order valence-electron chi connectivity index (χ4n) is 1.86. The Kier molecular flexibility index (Phi) is 5.72. The number of hydrogen-bond donors (Lipinski definition) is 1. The van der Waals surface area contributed by atoms with Crippen LogP contribution in [0.3, 0.4) is 0 Å². The molecule has 0 saturated carbocycles. The first kappa shape index (κ1) is 14.4. The SMILES string of the molecule is CCCNc1cc(OC2CCOCC2)nc(SC)n1. The molecule has 0 radical (unpaired) electrons. The summed E-state index contributed by atoms with van der Waals surface area (Å²) in [6, 6.07) is 1.88. The first-order valence-corrected chi connectivity index (χ1v) is 7.95. The molecule has 19 heavy (non-hydrogen) atoms. The summed E-state index contributed by atoms with van der Waals surface area (Å²) < 4.78 is 11.3. The summed E-state index contributed by atoms with van der Waals surface area (Å²) in [6.07, 6.45) is 5.09. The van der Waals surface area contributed by atoms with E-state index in [1.54, 1.807) is 0 Å². The number of nitrogens with one attached hydrogen (secondary N) is 1. The maximum Gasteiger partial charge on any atom is 0.219 e. The summed E-state index contributed by atoms with van der Waals surface area (Å²) in [6.45, 7) is 4.57. The summed E-state index contributed by atoms with van der Waals surface area (Å²) in [5.41, 5.74) is 0. The number of rotatable bonds is 6. The normalized spacial score (nSPS) is 16.3. The van der Waals surface area contributed by atoms with E-state index in [0.717, 1.165) is 50.0 Å². The molecule has 0 unspecified atom stereocenters. The first-order valence-electron chi connectivity index (χ1n) is 6.73. The maximum absolute atomic E-state index is 5.93. The van der Waals surface area contributed by atoms with Crippen molar-refractivity contribution in [2.24, 2.45) is 0 Å². The van der Waals surface area contributed by atoms with Gasteiger partial charge in [-0.05, 0) is 12.7 Å². The second-order valence-electron chi connectivity index (χ2n) is 4.43. The number of ether oxygens (including phenoxy) is 2. The molecule has 0 aliphatic carbocycles. The maximum atomic E-state index is 5.93. The van der Waals surface area contributed by atoms with Crippen LogP contribution < -0.4 is 10.1 Å². The average Bonchev–Trinajstić information content (AvgIpc) is 2.46. The summed E-state index contributed by atoms with van der Waals surface area (Å²) in [5, 5.41) is 4.02. The van der Waals surface area contributed by atoms with Crippen LogP contribution in [0.5, 0.6) is 5.88 Å². The van der Waals surface area contributed by atoms with Crippen LogP contribution in [0.15, 0.2) is 11.2 Å². The standard InChI is InChI=1S/C13H21N3O2S/c1-3-6-14-11-9-12(16-13(15-11)19-2)18-10-4-7-17-8-5-10/h9-10H,3-8H2,1-2H3,(H,14,15,16). The Labute approximate surface area is 118 Å². The van der Waals surface area contributed by atoms with Crippen LogP contribution in [0.25, 0.3) is 0 Å². The fourth-order valence-corrected chi connectivity index (χ4v) is 2.23. The van der Waals surface area contributed by atoms with E-state index in [4.69, 9.17) is 9.47 Å². The molecule has 1 aromatic rings. The Balaban J connectivity index is 2.04. The molecular formula is C13H21N3O2S. The van der Waals surface area contributed by atoms with Crippen molar-refractivity contribution in [2.45, 2.75) is 37.4 Å². The molecule has 0 atom stereocenters. The molecule has 106 valence electrons. The Morgan fingerprint density at radius 3 is 2.89 bits per heavy atom. The van der Waals surface area contributed by atoms with E-state index < -0.39 is 0 Å². The van der Waals surface area contributed by atoms with Gasteiger partial charge in [0.15, 0.2) is 5.16 Å². The van der Waals surface area contributed by atoms with Gasteiger partial charge in [0.05, 0.1) is 13.2 Å². The monoisotopic (exact) mass is 283 g/mol. The predicted molar refractivity (Wildman–Crippen MR) is 77.1 cm³/mol. The molecule has 6 heteroatoms. The van der Waals surface area contributed by atoms with E-state index in [1.807, 2.05) is 12.3 Å². The molecule has 2 heterocycles. The number of aromatic nitrogens is 2. The van der Waals surface area contributed by atoms with Crippen LogP contribution in [0, 0.1) is 0 Å². The lowest BCUT2D eigenvalue weighted by molar-refractivity contribution is 0.0234. The Bertz CT molecular complexity index is 397. The Morgan fingerprint density at radius 2 is 2.21 bits per heavy atom. The molecule has 1 aliphatic heterocycles. The highest BCUT2D eigenvalue weighted by Crippen LogP contribution is 2.22. The lowest BCUT2D eigenvalue weighted by Gasteiger charge is -2.23. The van der Waals surface area contributed by atoms with Crippen molar-refractivity contribution in [3.05, 3.63) is 6.07 Å². The van der Waals surface area contributed by atoms with Crippen LogP contribution in [-0.4, -0.2) is 42.1 Å². The first-order chi connectivity index (χ1) is 9.31. The van der Waals surface area contributed by atoms with Crippen LogP contribution in [0.1, 0.15) is 26.2 Å². The molecule has 0 spiro atoms. The minimum absolute atomic E-state index is 0.206. The van der Waals surface area contributed by atoms with Crippen molar-refractivity contribution in [1.82, 2.24) is 9.97 Å². The number of hydrogen-bond acceptors (Lipinski definition) is 6. The molecule has 1 saturated heterocycles. The molecule has 0 bridgehead atoms. The van der Waals surface area contributed by atoms with Gasteiger partial charge in [-0.15, -0.1) is 0 Å². The summed E-state index contributed by atoms with van der Waals surface area (Å²) in [5.74, 6) is 1.49. The predicted octanol–water partition coefficient (Wildman–Crippen LogP) is 2.58. The fraction of sp³-hybridized carbons (Fsp3) is 0.692. The van der Waals surface area contributed by atoms with Crippen molar-refractivity contribution in [3.8, 4) is 5.88 Å². The molecule has 0 aromatic carbocycles. The van der Waals surface area contributed by atoms with Gasteiger partial charge >= 0.3 is 0 Å². The third-order valence-electron chi connectivity index (χ3n) is 2.88. The second kappa shape index (κ2) is 7.55. The van der Waals surface area contributed by atoms with Crippen LogP contribution in [-0.2, 0) is 4.74 Å². The van der Waals surface area contributed by atoms with Gasteiger partial charge in [0.1, 0.15) is 11.9 Å². The van der Waals surface area contributed by atoms with Crippen LogP contribution in [0.2, 0.25) is 0 Å². The van der Waals surface area contributed by atoms with Gasteiger partial charge < -0.3 is 14.8 Å². The van der Waals surface area contributed by atoms with Crippen molar-refractivity contribution >= 4 is 17.6 Å². The van der Waals surface area contributed by atoms with Gasteiger partial charge in [-0.25, -0.2) is 4.98 Å². The quantitative estimate of drug-likeness (QED) is 0.639. The topological polar surface area (TPSA) is 56.3 Å². The highest BCUT2D eigenvalue weighted by atomic mass is 32.2. The Morgan fingerprint density at radius 1 is 1.42 bits per heavy atom. The molecule has 1 aromatic heterocycles. The average molecular weight is 283 g/mol. The molecular weight excluding hydrogens is 262 g/mol. The molecule has 2 rings (SSSR count). The van der Waals surface area contributed by atoms with Crippen molar-refractivity contribution < 1.29 is 9.47 Å². The van der Waals surface area contributed by atoms with E-state index in [2.05, 4.69) is 22.2 Å². The number of nitrogens with zero attached hydrogens (tertiary/aromatic N) is 2. The zero-order valence-electron chi connectivity index (χ0n) is 11.5. The third-order valence-corrected chi connectivity index (χ3v) is 3.42. The van der Waals surface area contributed by atoms with Crippen molar-refractivity contribution in [1.29, 1.82) is 0 Å². The van der Waals surface area contributed by atoms with Gasteiger partial charge in [0.2, 0.25) is 5.88 Å². The van der Waals surface area contributed by atoms with Gasteiger partial charge in [0.25, 0.3) is 0 Å². The number of thioether (sulfide) groups is 1. The second-order valence-corrected chi connectivity index (χ2v) is 5.21. The molecule has 1 fully saturated rings. The van der Waals surface area contributed by atoms with Gasteiger partial charge in [-0.3, -0.25) is 0 Å². The lowest BCUT2D eigenvalue weighted by Crippen LogP contribution is -2.26. The largest absolute Gasteiger partial charge is 0.474 e. The van der Waals surface area contributed by atoms with E-state index in [1.165, 1.54) is 11.8 Å². The molecule has 0 amide bonds. The van der Waals surface area contributed by atoms with Gasteiger partial charge in [-0.2, -0.15) is 4.98 Å². The molecule has 5 nitrogen and oxygen atoms in total. The summed E-state index contributed by atoms with van der Waals surface area (Å²) >= 11 is 1.53. The zero-order chi connectivity index (χ0) is 13.5. The molecule has 1 aliphatic rings. The van der Waals surface area contributed by atoms with Crippen LogP contribution >= 0.6 is 11.8 Å². The van der Waals surface area contributed by atoms with E-state index in [0.29, 0.717) is 5.88 Å². The minimum Gasteiger partial charge on any atom is -0.474 e. The highest BCUT2D eigenvalue weighted by Gasteiger charge is 2.16. The molecule has 1 N–H and O–H groups in total. The van der Waals surface area contributed by atoms with Gasteiger partial charge in [-0.1, -0.05) is 18.7 Å². The smallest absolute Gasteiger partial charge is 0.219 e. The van der Waals surface area contributed by atoms with Crippen molar-refractivity contribution in [3.63, 3.8) is 0 Å². The van der Waals surface area contributed by atoms with Gasteiger partial charge in [0, 0.05) is 25.5 Å². The zero-order valence-corrected chi connectivity index (χ0v) is 12.3. The summed E-state index contributed by atoms with van der Waals surface area (Å²) in [7, 11) is 0. The minimum atomic E-state index is 0.206. The van der Waals surface area contributed by atoms with E-state index in [9.17, 15) is 0 Å². The third kappa shape index (κ3) is 4.54. The van der Waals surface area contributed by atoms with Crippen LogP contribution in [0.4, 0.5) is 5.82 Å². The van der Waals surface area contributed by atoms with Crippen molar-refractivity contribution in [2.75, 3.05) is 31.3 Å². The highest BCUT2D eigenvalue weighted by molar-refractivity contribution is 7.98. The summed E-state index contributed by atoms with van der Waals surface area (Å²) in [4.78, 5) is 8.82. The Hall–Kier alpha value is -1.01. The lowest BCUT2D eigenvalue weighted by atomic mass is 10.2. The van der Waals surface area contributed by atoms with E-state index >= 15 is 0 Å².